The van der Waals surface area contributed by atoms with Crippen LogP contribution in [0.1, 0.15) is 26.7 Å². The van der Waals surface area contributed by atoms with Gasteiger partial charge in [0.05, 0.1) is 19.3 Å². The Balaban J connectivity index is 2.18. The Morgan fingerprint density at radius 2 is 1.95 bits per heavy atom. The fraction of sp³-hybridized carbons (Fsp3) is 0.846. The standard InChI is InChI=1S/C13H25N3O3/c1-10(2)9-11(14)13(18)15-4-3-12(17)16-5-7-19-8-6-16/h10-11H,3-9,14H2,1-2H3,(H,15,18)/t11-/m0/s1. The second-order valence-electron chi connectivity index (χ2n) is 5.27. The maximum Gasteiger partial charge on any atom is 0.236 e. The van der Waals surface area contributed by atoms with Crippen molar-refractivity contribution in [1.82, 2.24) is 10.2 Å². The Hall–Kier alpha value is -1.14. The molecule has 0 saturated carbocycles. The first-order valence-corrected chi connectivity index (χ1v) is 6.89. The van der Waals surface area contributed by atoms with Gasteiger partial charge in [0.25, 0.3) is 0 Å². The Morgan fingerprint density at radius 3 is 2.53 bits per heavy atom. The highest BCUT2D eigenvalue weighted by Gasteiger charge is 2.18. The van der Waals surface area contributed by atoms with Crippen molar-refractivity contribution in [1.29, 1.82) is 0 Å². The molecule has 1 aliphatic heterocycles. The maximum atomic E-state index is 11.8. The van der Waals surface area contributed by atoms with Gasteiger partial charge in [0, 0.05) is 26.1 Å². The number of amides is 2. The second kappa shape index (κ2) is 8.12. The van der Waals surface area contributed by atoms with E-state index in [9.17, 15) is 9.59 Å². The molecule has 0 aromatic heterocycles. The molecule has 1 fully saturated rings. The molecule has 6 heteroatoms. The minimum atomic E-state index is -0.488. The molecular weight excluding hydrogens is 246 g/mol. The first-order chi connectivity index (χ1) is 9.00. The summed E-state index contributed by atoms with van der Waals surface area (Å²) in [6.07, 6.45) is 0.976. The van der Waals surface area contributed by atoms with Crippen LogP contribution in [-0.4, -0.2) is 55.6 Å². The van der Waals surface area contributed by atoms with Gasteiger partial charge in [0.2, 0.25) is 11.8 Å². The molecule has 2 amide bonds. The molecule has 0 aromatic carbocycles. The van der Waals surface area contributed by atoms with E-state index >= 15 is 0 Å². The fourth-order valence-electron chi connectivity index (χ4n) is 2.01. The SMILES string of the molecule is CC(C)C[C@H](N)C(=O)NCCC(=O)N1CCOCC1. The molecule has 1 heterocycles. The molecular formula is C13H25N3O3. The van der Waals surface area contributed by atoms with Crippen LogP contribution in [-0.2, 0) is 14.3 Å². The largest absolute Gasteiger partial charge is 0.378 e. The van der Waals surface area contributed by atoms with E-state index in [0.29, 0.717) is 51.6 Å². The normalized spacial score (nSPS) is 17.4. The van der Waals surface area contributed by atoms with Gasteiger partial charge in [0.15, 0.2) is 0 Å². The minimum Gasteiger partial charge on any atom is -0.378 e. The summed E-state index contributed by atoms with van der Waals surface area (Å²) in [5, 5.41) is 2.72. The van der Waals surface area contributed by atoms with Gasteiger partial charge in [-0.15, -0.1) is 0 Å². The Bertz CT molecular complexity index is 302. The van der Waals surface area contributed by atoms with E-state index in [1.165, 1.54) is 0 Å². The molecule has 0 radical (unpaired) electrons. The number of nitrogens with two attached hydrogens (primary N) is 1. The summed E-state index contributed by atoms with van der Waals surface area (Å²) < 4.78 is 5.18. The molecule has 1 saturated heterocycles. The average molecular weight is 271 g/mol. The zero-order valence-corrected chi connectivity index (χ0v) is 11.9. The van der Waals surface area contributed by atoms with Crippen LogP contribution in [0.25, 0.3) is 0 Å². The van der Waals surface area contributed by atoms with Gasteiger partial charge >= 0.3 is 0 Å². The van der Waals surface area contributed by atoms with Gasteiger partial charge in [-0.2, -0.15) is 0 Å². The molecule has 0 aromatic rings. The molecule has 110 valence electrons. The van der Waals surface area contributed by atoms with Crippen LogP contribution >= 0.6 is 0 Å². The van der Waals surface area contributed by atoms with E-state index in [1.54, 1.807) is 4.90 Å². The van der Waals surface area contributed by atoms with Crippen LogP contribution in [0.3, 0.4) is 0 Å². The number of hydrogen-bond acceptors (Lipinski definition) is 4. The summed E-state index contributed by atoms with van der Waals surface area (Å²) in [7, 11) is 0. The van der Waals surface area contributed by atoms with Crippen molar-refractivity contribution in [2.75, 3.05) is 32.8 Å². The first-order valence-electron chi connectivity index (χ1n) is 6.89. The predicted octanol–water partition coefficient (Wildman–Crippen LogP) is -0.275. The van der Waals surface area contributed by atoms with E-state index in [2.05, 4.69) is 5.32 Å². The number of morpholine rings is 1. The molecule has 0 unspecified atom stereocenters. The Kier molecular flexibility index (Phi) is 6.80. The van der Waals surface area contributed by atoms with E-state index in [0.717, 1.165) is 0 Å². The van der Waals surface area contributed by atoms with Gasteiger partial charge < -0.3 is 20.7 Å². The highest BCUT2D eigenvalue weighted by atomic mass is 16.5. The van der Waals surface area contributed by atoms with E-state index in [-0.39, 0.29) is 11.8 Å². The van der Waals surface area contributed by atoms with Crippen LogP contribution in [0.5, 0.6) is 0 Å². The molecule has 0 spiro atoms. The van der Waals surface area contributed by atoms with Crippen molar-refractivity contribution in [3.63, 3.8) is 0 Å². The van der Waals surface area contributed by atoms with Crippen molar-refractivity contribution in [2.45, 2.75) is 32.7 Å². The number of rotatable bonds is 6. The lowest BCUT2D eigenvalue weighted by atomic mass is 10.0. The topological polar surface area (TPSA) is 84.7 Å². The lowest BCUT2D eigenvalue weighted by Gasteiger charge is -2.27. The third-order valence-electron chi connectivity index (χ3n) is 3.06. The van der Waals surface area contributed by atoms with Crippen molar-refractivity contribution in [3.8, 4) is 0 Å². The van der Waals surface area contributed by atoms with Crippen LogP contribution in [0.4, 0.5) is 0 Å². The summed E-state index contributed by atoms with van der Waals surface area (Å²) in [5.41, 5.74) is 5.75. The van der Waals surface area contributed by atoms with Gasteiger partial charge in [-0.3, -0.25) is 9.59 Å². The predicted molar refractivity (Wildman–Crippen MR) is 72.5 cm³/mol. The number of nitrogens with one attached hydrogen (secondary N) is 1. The highest BCUT2D eigenvalue weighted by Crippen LogP contribution is 2.03. The lowest BCUT2D eigenvalue weighted by molar-refractivity contribution is -0.135. The number of carbonyl (C=O) groups is 2. The quantitative estimate of drug-likeness (QED) is 0.696. The van der Waals surface area contributed by atoms with Crippen molar-refractivity contribution in [3.05, 3.63) is 0 Å². The van der Waals surface area contributed by atoms with E-state index in [4.69, 9.17) is 10.5 Å². The smallest absolute Gasteiger partial charge is 0.236 e. The van der Waals surface area contributed by atoms with Crippen molar-refractivity contribution in [2.24, 2.45) is 11.7 Å². The molecule has 1 atom stereocenters. The molecule has 6 nitrogen and oxygen atoms in total. The van der Waals surface area contributed by atoms with E-state index < -0.39 is 6.04 Å². The van der Waals surface area contributed by atoms with Crippen LogP contribution in [0.15, 0.2) is 0 Å². The summed E-state index contributed by atoms with van der Waals surface area (Å²) in [5.74, 6) is 0.264. The van der Waals surface area contributed by atoms with Gasteiger partial charge in [-0.1, -0.05) is 13.8 Å². The third kappa shape index (κ3) is 6.02. The van der Waals surface area contributed by atoms with E-state index in [1.807, 2.05) is 13.8 Å². The zero-order chi connectivity index (χ0) is 14.3. The monoisotopic (exact) mass is 271 g/mol. The third-order valence-corrected chi connectivity index (χ3v) is 3.06. The van der Waals surface area contributed by atoms with Gasteiger partial charge in [-0.25, -0.2) is 0 Å². The number of ether oxygens (including phenoxy) is 1. The maximum absolute atomic E-state index is 11.8. The van der Waals surface area contributed by atoms with Crippen LogP contribution in [0, 0.1) is 5.92 Å². The van der Waals surface area contributed by atoms with Gasteiger partial charge in [0.1, 0.15) is 0 Å². The molecule has 0 aliphatic carbocycles. The molecule has 1 rings (SSSR count). The van der Waals surface area contributed by atoms with Crippen LogP contribution < -0.4 is 11.1 Å². The van der Waals surface area contributed by atoms with Crippen molar-refractivity contribution < 1.29 is 14.3 Å². The number of carbonyl (C=O) groups excluding carboxylic acids is 2. The minimum absolute atomic E-state index is 0.0565. The number of nitrogens with zero attached hydrogens (tertiary/aromatic N) is 1. The lowest BCUT2D eigenvalue weighted by Crippen LogP contribution is -2.44. The van der Waals surface area contributed by atoms with Crippen molar-refractivity contribution >= 4 is 11.8 Å². The summed E-state index contributed by atoms with van der Waals surface area (Å²) in [6.45, 7) is 6.86. The summed E-state index contributed by atoms with van der Waals surface area (Å²) >= 11 is 0. The molecule has 0 bridgehead atoms. The highest BCUT2D eigenvalue weighted by molar-refractivity contribution is 5.82. The Labute approximate surface area is 114 Å². The average Bonchev–Trinajstić information content (AvgIpc) is 2.38. The van der Waals surface area contributed by atoms with Gasteiger partial charge in [-0.05, 0) is 12.3 Å². The molecule has 1 aliphatic rings. The fourth-order valence-corrected chi connectivity index (χ4v) is 2.01. The molecule has 19 heavy (non-hydrogen) atoms. The summed E-state index contributed by atoms with van der Waals surface area (Å²) in [4.78, 5) is 25.2. The number of hydrogen-bond donors (Lipinski definition) is 2. The van der Waals surface area contributed by atoms with Crippen LogP contribution in [0.2, 0.25) is 0 Å². The first kappa shape index (κ1) is 15.9. The Morgan fingerprint density at radius 1 is 1.32 bits per heavy atom. The summed E-state index contributed by atoms with van der Waals surface area (Å²) in [6, 6.07) is -0.488. The zero-order valence-electron chi connectivity index (χ0n) is 11.9. The second-order valence-corrected chi connectivity index (χ2v) is 5.27. The molecule has 3 N–H and O–H groups in total.